The topological polar surface area (TPSA) is 90.5 Å². The van der Waals surface area contributed by atoms with Crippen molar-refractivity contribution in [3.8, 4) is 0 Å². The summed E-state index contributed by atoms with van der Waals surface area (Å²) in [6, 6.07) is -0.0131. The molecular weight excluding hydrogens is 272 g/mol. The minimum atomic E-state index is -0.376. The van der Waals surface area contributed by atoms with Crippen molar-refractivity contribution in [2.75, 3.05) is 19.6 Å². The zero-order valence-electron chi connectivity index (χ0n) is 12.1. The number of rotatable bonds is 4. The molecule has 2 aliphatic heterocycles. The Kier molecular flexibility index (Phi) is 4.10. The highest BCUT2D eigenvalue weighted by molar-refractivity contribution is 6.01. The van der Waals surface area contributed by atoms with Gasteiger partial charge in [0.15, 0.2) is 0 Å². The van der Waals surface area contributed by atoms with Gasteiger partial charge in [0.05, 0.1) is 12.6 Å². The van der Waals surface area contributed by atoms with Gasteiger partial charge in [-0.3, -0.25) is 14.5 Å². The molecule has 1 saturated carbocycles. The molecule has 2 saturated heterocycles. The van der Waals surface area contributed by atoms with Gasteiger partial charge in [-0.15, -0.1) is 0 Å². The minimum absolute atomic E-state index is 0.0172. The molecule has 0 aromatic carbocycles. The lowest BCUT2D eigenvalue weighted by atomic mass is 9.85. The molecule has 0 spiro atoms. The Morgan fingerprint density at radius 3 is 2.81 bits per heavy atom. The largest absolute Gasteiger partial charge is 0.353 e. The lowest BCUT2D eigenvalue weighted by Gasteiger charge is -2.24. The number of fused-ring (bicyclic) bond motifs is 1. The van der Waals surface area contributed by atoms with Crippen molar-refractivity contribution in [1.82, 2.24) is 20.9 Å². The van der Waals surface area contributed by atoms with Gasteiger partial charge in [0.1, 0.15) is 0 Å². The molecule has 21 heavy (non-hydrogen) atoms. The Morgan fingerprint density at radius 2 is 2.10 bits per heavy atom. The molecule has 0 bridgehead atoms. The molecule has 0 aromatic rings. The third kappa shape index (κ3) is 3.02. The van der Waals surface area contributed by atoms with E-state index in [0.29, 0.717) is 18.5 Å². The first kappa shape index (κ1) is 14.3. The van der Waals surface area contributed by atoms with Gasteiger partial charge in [-0.1, -0.05) is 12.8 Å². The van der Waals surface area contributed by atoms with Crippen LogP contribution in [0.2, 0.25) is 0 Å². The highest BCUT2D eigenvalue weighted by Gasteiger charge is 2.38. The number of hydrogen-bond donors (Lipinski definition) is 3. The molecule has 3 fully saturated rings. The Morgan fingerprint density at radius 1 is 1.29 bits per heavy atom. The highest BCUT2D eigenvalue weighted by atomic mass is 16.2. The highest BCUT2D eigenvalue weighted by Crippen LogP contribution is 2.33. The summed E-state index contributed by atoms with van der Waals surface area (Å²) in [5.74, 6) is 0.371. The molecule has 116 valence electrons. The number of hydrogen-bond acceptors (Lipinski definition) is 4. The summed E-state index contributed by atoms with van der Waals surface area (Å²) in [6.07, 6.45) is 5.79. The maximum absolute atomic E-state index is 12.1. The van der Waals surface area contributed by atoms with E-state index in [-0.39, 0.29) is 37.0 Å². The van der Waals surface area contributed by atoms with Gasteiger partial charge in [0.2, 0.25) is 11.8 Å². The Hall–Kier alpha value is -1.63. The Balaban J connectivity index is 1.42. The number of carbonyl (C=O) groups excluding carboxylic acids is 3. The van der Waals surface area contributed by atoms with Crippen molar-refractivity contribution in [2.45, 2.75) is 44.2 Å². The van der Waals surface area contributed by atoms with Crippen LogP contribution in [0.25, 0.3) is 0 Å². The normalized spacial score (nSPS) is 32.0. The summed E-state index contributed by atoms with van der Waals surface area (Å²) < 4.78 is 0. The van der Waals surface area contributed by atoms with E-state index in [0.717, 1.165) is 17.7 Å². The molecule has 3 aliphatic rings. The second-order valence-corrected chi connectivity index (χ2v) is 6.10. The van der Waals surface area contributed by atoms with Crippen LogP contribution in [0.4, 0.5) is 4.79 Å². The third-order valence-electron chi connectivity index (χ3n) is 4.75. The number of amides is 4. The number of nitrogens with one attached hydrogen (secondary N) is 3. The fraction of sp³-hybridized carbons (Fsp3) is 0.786. The summed E-state index contributed by atoms with van der Waals surface area (Å²) in [5.41, 5.74) is 0. The van der Waals surface area contributed by atoms with E-state index in [1.807, 2.05) is 0 Å². The van der Waals surface area contributed by atoms with E-state index in [9.17, 15) is 14.4 Å². The van der Waals surface area contributed by atoms with Gasteiger partial charge in [-0.25, -0.2) is 4.79 Å². The first-order valence-corrected chi connectivity index (χ1v) is 7.77. The van der Waals surface area contributed by atoms with Crippen molar-refractivity contribution in [2.24, 2.45) is 5.92 Å². The molecule has 4 amide bonds. The average Bonchev–Trinajstić information content (AvgIpc) is 3.04. The molecular formula is C14H22N4O3. The zero-order chi connectivity index (χ0) is 14.8. The molecule has 3 N–H and O–H groups in total. The smallest absolute Gasteiger partial charge is 0.324 e. The summed E-state index contributed by atoms with van der Waals surface area (Å²) in [7, 11) is 0. The standard InChI is InChI=1S/C14H22N4O3/c19-12-8-16-14(21)18(12)6-5-15-13(20)11-7-9-3-1-2-4-10(9)17-11/h9-11,17H,1-8H2,(H,15,20)(H,16,21). The van der Waals surface area contributed by atoms with Gasteiger partial charge in [0.25, 0.3) is 0 Å². The SMILES string of the molecule is O=C(NCCN1C(=O)CNC1=O)C1CC2CCCCC2N1. The quantitative estimate of drug-likeness (QED) is 0.614. The number of carbonyl (C=O) groups is 3. The maximum Gasteiger partial charge on any atom is 0.324 e. The van der Waals surface area contributed by atoms with Crippen molar-refractivity contribution in [3.05, 3.63) is 0 Å². The lowest BCUT2D eigenvalue weighted by molar-refractivity contribution is -0.126. The maximum atomic E-state index is 12.1. The molecule has 0 radical (unpaired) electrons. The molecule has 0 aromatic heterocycles. The van der Waals surface area contributed by atoms with E-state index < -0.39 is 0 Å². The summed E-state index contributed by atoms with van der Waals surface area (Å²) in [4.78, 5) is 36.0. The first-order valence-electron chi connectivity index (χ1n) is 7.77. The number of urea groups is 1. The zero-order valence-corrected chi connectivity index (χ0v) is 12.1. The van der Waals surface area contributed by atoms with Crippen LogP contribution in [-0.2, 0) is 9.59 Å². The predicted molar refractivity (Wildman–Crippen MR) is 75.4 cm³/mol. The van der Waals surface area contributed by atoms with Gasteiger partial charge in [-0.2, -0.15) is 0 Å². The van der Waals surface area contributed by atoms with Crippen LogP contribution in [0, 0.1) is 5.92 Å². The van der Waals surface area contributed by atoms with Crippen LogP contribution >= 0.6 is 0 Å². The second kappa shape index (κ2) is 6.01. The predicted octanol–water partition coefficient (Wildman–Crippen LogP) is -0.425. The van der Waals surface area contributed by atoms with E-state index in [1.54, 1.807) is 0 Å². The summed E-state index contributed by atoms with van der Waals surface area (Å²) >= 11 is 0. The summed E-state index contributed by atoms with van der Waals surface area (Å²) in [5, 5.41) is 8.70. The van der Waals surface area contributed by atoms with Gasteiger partial charge >= 0.3 is 6.03 Å². The van der Waals surface area contributed by atoms with Crippen molar-refractivity contribution >= 4 is 17.8 Å². The van der Waals surface area contributed by atoms with E-state index in [2.05, 4.69) is 16.0 Å². The van der Waals surface area contributed by atoms with Gasteiger partial charge in [-0.05, 0) is 25.2 Å². The van der Waals surface area contributed by atoms with Crippen LogP contribution in [0.15, 0.2) is 0 Å². The van der Waals surface area contributed by atoms with Crippen LogP contribution in [0.5, 0.6) is 0 Å². The summed E-state index contributed by atoms with van der Waals surface area (Å²) in [6.45, 7) is 0.599. The molecule has 1 aliphatic carbocycles. The second-order valence-electron chi connectivity index (χ2n) is 6.10. The van der Waals surface area contributed by atoms with Crippen LogP contribution < -0.4 is 16.0 Å². The van der Waals surface area contributed by atoms with E-state index in [1.165, 1.54) is 19.3 Å². The first-order chi connectivity index (χ1) is 10.1. The molecule has 3 rings (SSSR count). The van der Waals surface area contributed by atoms with Crippen LogP contribution in [0.3, 0.4) is 0 Å². The Labute approximate surface area is 123 Å². The number of nitrogens with zero attached hydrogens (tertiary/aromatic N) is 1. The number of imide groups is 1. The van der Waals surface area contributed by atoms with Crippen molar-refractivity contribution in [1.29, 1.82) is 0 Å². The monoisotopic (exact) mass is 294 g/mol. The molecule has 7 heteroatoms. The lowest BCUT2D eigenvalue weighted by Crippen LogP contribution is -2.46. The molecule has 7 nitrogen and oxygen atoms in total. The fourth-order valence-electron chi connectivity index (χ4n) is 3.62. The minimum Gasteiger partial charge on any atom is -0.353 e. The van der Waals surface area contributed by atoms with Crippen molar-refractivity contribution in [3.63, 3.8) is 0 Å². The van der Waals surface area contributed by atoms with E-state index in [4.69, 9.17) is 0 Å². The average molecular weight is 294 g/mol. The Bertz CT molecular complexity index is 424. The third-order valence-corrected chi connectivity index (χ3v) is 4.75. The fourth-order valence-corrected chi connectivity index (χ4v) is 3.62. The van der Waals surface area contributed by atoms with Gasteiger partial charge < -0.3 is 16.0 Å². The van der Waals surface area contributed by atoms with E-state index >= 15 is 0 Å². The van der Waals surface area contributed by atoms with Crippen molar-refractivity contribution < 1.29 is 14.4 Å². The van der Waals surface area contributed by atoms with Crippen LogP contribution in [-0.4, -0.2) is 54.5 Å². The molecule has 3 unspecified atom stereocenters. The van der Waals surface area contributed by atoms with Crippen LogP contribution in [0.1, 0.15) is 32.1 Å². The molecule has 3 atom stereocenters. The van der Waals surface area contributed by atoms with Gasteiger partial charge in [0, 0.05) is 19.1 Å². The molecule has 2 heterocycles.